The minimum absolute atomic E-state index is 0.0610. The molecule has 2 fully saturated rings. The van der Waals surface area contributed by atoms with Crippen molar-refractivity contribution in [3.8, 4) is 0 Å². The number of allylic oxidation sites excluding steroid dienone is 4. The van der Waals surface area contributed by atoms with Crippen LogP contribution in [0.2, 0.25) is 5.02 Å². The molecule has 42 heavy (non-hydrogen) atoms. The highest BCUT2D eigenvalue weighted by Gasteiger charge is 2.39. The second-order valence-corrected chi connectivity index (χ2v) is 12.7. The summed E-state index contributed by atoms with van der Waals surface area (Å²) in [7, 11) is 0. The fourth-order valence-corrected chi connectivity index (χ4v) is 6.80. The molecule has 0 saturated carbocycles. The number of pyridine rings is 1. The first kappa shape index (κ1) is 29.0. The number of nitrogens with zero attached hydrogens (tertiary/aromatic N) is 3. The van der Waals surface area contributed by atoms with Gasteiger partial charge in [-0.1, -0.05) is 35.9 Å². The number of aliphatic hydroxyl groups is 1. The molecule has 1 aromatic carbocycles. The maximum atomic E-state index is 12.7. The Balaban J connectivity index is 1.11. The maximum absolute atomic E-state index is 12.7. The summed E-state index contributed by atoms with van der Waals surface area (Å²) in [5.74, 6) is 0.985. The summed E-state index contributed by atoms with van der Waals surface area (Å²) in [4.78, 5) is 21.8. The molecule has 1 unspecified atom stereocenters. The minimum Gasteiger partial charge on any atom is -0.491 e. The van der Waals surface area contributed by atoms with Crippen LogP contribution in [0.3, 0.4) is 0 Å². The number of rotatable bonds is 7. The third-order valence-electron chi connectivity index (χ3n) is 9.01. The van der Waals surface area contributed by atoms with E-state index in [0.29, 0.717) is 13.2 Å². The number of cyclic esters (lactones) is 1. The lowest BCUT2D eigenvalue weighted by Crippen LogP contribution is -2.49. The molecule has 2 saturated heterocycles. The van der Waals surface area contributed by atoms with Gasteiger partial charge < -0.3 is 19.5 Å². The Morgan fingerprint density at radius 2 is 1.90 bits per heavy atom. The number of fused-ring (bicyclic) bond motifs is 1. The van der Waals surface area contributed by atoms with Crippen molar-refractivity contribution in [2.24, 2.45) is 0 Å². The molecule has 1 N–H and O–H groups in total. The summed E-state index contributed by atoms with van der Waals surface area (Å²) in [5, 5.41) is 11.5. The summed E-state index contributed by atoms with van der Waals surface area (Å²) >= 11 is 6.06. The van der Waals surface area contributed by atoms with Crippen LogP contribution in [0.15, 0.2) is 71.7 Å². The Kier molecular flexibility index (Phi) is 8.44. The van der Waals surface area contributed by atoms with E-state index in [2.05, 4.69) is 28.1 Å². The smallest absolute Gasteiger partial charge is 0.410 e. The standard InChI is InChI=1S/C34H40ClN3O4/c1-34(2,40)24-9-12-32-30(20-24)28(29-5-3-15-36-31(29)22-41-32)6-4-16-37-17-13-26(14-18-37)38-27(21-42-33(38)39)19-23-7-10-25(35)11-8-23/h3,5-8,10-11,15,20,26-27,40H,4,9,12-14,16-19,21-22H2,1-2H3/b28-6+. The number of hydrogen-bond acceptors (Lipinski definition) is 6. The van der Waals surface area contributed by atoms with E-state index >= 15 is 0 Å². The van der Waals surface area contributed by atoms with Gasteiger partial charge in [0.2, 0.25) is 0 Å². The van der Waals surface area contributed by atoms with Crippen molar-refractivity contribution < 1.29 is 19.4 Å². The molecule has 8 heteroatoms. The Bertz CT molecular complexity index is 1400. The number of likely N-dealkylation sites (tertiary alicyclic amines) is 1. The molecule has 1 aromatic heterocycles. The van der Waals surface area contributed by atoms with Crippen molar-refractivity contribution in [1.29, 1.82) is 0 Å². The highest BCUT2D eigenvalue weighted by Crippen LogP contribution is 2.40. The fraction of sp³-hybridized carbons (Fsp3) is 0.471. The lowest BCUT2D eigenvalue weighted by Gasteiger charge is -2.37. The van der Waals surface area contributed by atoms with Crippen molar-refractivity contribution >= 4 is 23.3 Å². The number of hydrogen-bond donors (Lipinski definition) is 1. The van der Waals surface area contributed by atoms with Gasteiger partial charge in [-0.2, -0.15) is 0 Å². The molecule has 222 valence electrons. The van der Waals surface area contributed by atoms with Gasteiger partial charge in [-0.25, -0.2) is 4.79 Å². The Morgan fingerprint density at radius 1 is 1.12 bits per heavy atom. The van der Waals surface area contributed by atoms with Gasteiger partial charge in [-0.05, 0) is 86.9 Å². The van der Waals surface area contributed by atoms with Crippen LogP contribution >= 0.6 is 11.6 Å². The summed E-state index contributed by atoms with van der Waals surface area (Å²) in [6.45, 7) is 7.45. The van der Waals surface area contributed by atoms with E-state index < -0.39 is 5.60 Å². The van der Waals surface area contributed by atoms with Gasteiger partial charge in [-0.3, -0.25) is 9.88 Å². The molecule has 4 heterocycles. The molecule has 4 aliphatic rings. The highest BCUT2D eigenvalue weighted by molar-refractivity contribution is 6.30. The van der Waals surface area contributed by atoms with Gasteiger partial charge in [0.1, 0.15) is 19.0 Å². The summed E-state index contributed by atoms with van der Waals surface area (Å²) in [6, 6.07) is 12.2. The molecule has 6 rings (SSSR count). The van der Waals surface area contributed by atoms with Crippen LogP contribution in [0.25, 0.3) is 5.57 Å². The second kappa shape index (κ2) is 12.2. The number of piperidine rings is 1. The molecule has 2 aromatic rings. The quantitative estimate of drug-likeness (QED) is 0.408. The number of halogens is 1. The van der Waals surface area contributed by atoms with Crippen LogP contribution in [0.5, 0.6) is 0 Å². The van der Waals surface area contributed by atoms with Gasteiger partial charge >= 0.3 is 6.09 Å². The van der Waals surface area contributed by atoms with Gasteiger partial charge in [-0.15, -0.1) is 0 Å². The maximum Gasteiger partial charge on any atom is 0.410 e. The monoisotopic (exact) mass is 589 g/mol. The Morgan fingerprint density at radius 3 is 2.67 bits per heavy atom. The van der Waals surface area contributed by atoms with Crippen LogP contribution in [0.4, 0.5) is 4.79 Å². The number of aromatic nitrogens is 1. The van der Waals surface area contributed by atoms with Crippen molar-refractivity contribution in [2.75, 3.05) is 26.2 Å². The number of benzene rings is 1. The first-order valence-corrected chi connectivity index (χ1v) is 15.5. The molecule has 1 atom stereocenters. The van der Waals surface area contributed by atoms with E-state index in [1.54, 1.807) is 0 Å². The third-order valence-corrected chi connectivity index (χ3v) is 9.26. The Hall–Kier alpha value is -3.13. The molecule has 3 aliphatic heterocycles. The normalized spacial score (nSPS) is 22.8. The zero-order chi connectivity index (χ0) is 29.3. The van der Waals surface area contributed by atoms with Crippen LogP contribution < -0.4 is 0 Å². The van der Waals surface area contributed by atoms with E-state index in [4.69, 9.17) is 21.1 Å². The SMILES string of the molecule is CC(C)(O)C1=CC2=C(CC1)OCc1ncccc1/C2=C\CCN1CCC(N2C(=O)OCC2Cc2ccc(Cl)cc2)CC1. The average molecular weight is 590 g/mol. The van der Waals surface area contributed by atoms with Crippen molar-refractivity contribution in [3.05, 3.63) is 93.5 Å². The van der Waals surface area contributed by atoms with E-state index in [9.17, 15) is 9.90 Å². The molecular weight excluding hydrogens is 550 g/mol. The first-order valence-electron chi connectivity index (χ1n) is 15.1. The first-order chi connectivity index (χ1) is 20.3. The van der Waals surface area contributed by atoms with Crippen LogP contribution in [-0.4, -0.2) is 69.9 Å². The van der Waals surface area contributed by atoms with Crippen molar-refractivity contribution in [1.82, 2.24) is 14.8 Å². The largest absolute Gasteiger partial charge is 0.491 e. The molecule has 0 radical (unpaired) electrons. The number of amides is 1. The third kappa shape index (κ3) is 6.29. The topological polar surface area (TPSA) is 75.1 Å². The summed E-state index contributed by atoms with van der Waals surface area (Å²) in [6.07, 6.45) is 11.2. The van der Waals surface area contributed by atoms with Crippen LogP contribution in [0, 0.1) is 0 Å². The van der Waals surface area contributed by atoms with Gasteiger partial charge in [0.05, 0.1) is 17.3 Å². The average Bonchev–Trinajstić information content (AvgIpc) is 3.26. The van der Waals surface area contributed by atoms with E-state index in [-0.39, 0.29) is 18.2 Å². The summed E-state index contributed by atoms with van der Waals surface area (Å²) < 4.78 is 11.7. The minimum atomic E-state index is -0.867. The van der Waals surface area contributed by atoms with Gasteiger partial charge in [0.15, 0.2) is 0 Å². The molecule has 7 nitrogen and oxygen atoms in total. The molecule has 1 aliphatic carbocycles. The second-order valence-electron chi connectivity index (χ2n) is 12.3. The molecule has 1 amide bonds. The van der Waals surface area contributed by atoms with Gasteiger partial charge in [0, 0.05) is 54.5 Å². The van der Waals surface area contributed by atoms with Crippen molar-refractivity contribution in [3.63, 3.8) is 0 Å². The predicted molar refractivity (Wildman–Crippen MR) is 164 cm³/mol. The molecule has 0 spiro atoms. The lowest BCUT2D eigenvalue weighted by atomic mass is 9.83. The fourth-order valence-electron chi connectivity index (χ4n) is 6.67. The molecular formula is C34H40ClN3O4. The highest BCUT2D eigenvalue weighted by atomic mass is 35.5. The number of ether oxygens (including phenoxy) is 2. The number of carbonyl (C=O) groups is 1. The van der Waals surface area contributed by atoms with E-state index in [1.807, 2.05) is 55.3 Å². The van der Waals surface area contributed by atoms with Crippen LogP contribution in [-0.2, 0) is 22.5 Å². The van der Waals surface area contributed by atoms with E-state index in [0.717, 1.165) is 96.9 Å². The van der Waals surface area contributed by atoms with E-state index in [1.165, 1.54) is 5.56 Å². The number of carbonyl (C=O) groups excluding carboxylic acids is 1. The van der Waals surface area contributed by atoms with Crippen LogP contribution in [0.1, 0.15) is 62.8 Å². The van der Waals surface area contributed by atoms with Gasteiger partial charge in [0.25, 0.3) is 0 Å². The van der Waals surface area contributed by atoms with Crippen molar-refractivity contribution in [2.45, 2.75) is 76.7 Å². The lowest BCUT2D eigenvalue weighted by molar-refractivity contribution is 0.107. The zero-order valence-corrected chi connectivity index (χ0v) is 25.3. The predicted octanol–water partition coefficient (Wildman–Crippen LogP) is 6.31. The molecule has 0 bridgehead atoms. The summed E-state index contributed by atoms with van der Waals surface area (Å²) in [5.41, 5.74) is 5.60. The zero-order valence-electron chi connectivity index (χ0n) is 24.5. The Labute approximate surface area is 253 Å².